The van der Waals surface area contributed by atoms with E-state index in [1.165, 1.54) is 0 Å². The summed E-state index contributed by atoms with van der Waals surface area (Å²) >= 11 is 6.03. The largest absolute Gasteiger partial charge is 0.497 e. The normalized spacial score (nSPS) is 16.5. The van der Waals surface area contributed by atoms with Crippen LogP contribution in [0.1, 0.15) is 12.8 Å². The highest BCUT2D eigenvalue weighted by molar-refractivity contribution is 6.32. The number of halogens is 1. The molecule has 0 bridgehead atoms. The maximum Gasteiger partial charge on any atom is 0.324 e. The van der Waals surface area contributed by atoms with Crippen LogP contribution in [0.15, 0.2) is 47.1 Å². The van der Waals surface area contributed by atoms with Crippen molar-refractivity contribution in [1.82, 2.24) is 15.1 Å². The fraction of sp³-hybridized carbons (Fsp3) is 0.300. The monoisotopic (exact) mass is 413 g/mol. The summed E-state index contributed by atoms with van der Waals surface area (Å²) < 4.78 is 10.6. The van der Waals surface area contributed by atoms with E-state index in [9.17, 15) is 4.79 Å². The minimum atomic E-state index is -0.212. The molecular formula is C20H20ClN5O3. The molecule has 150 valence electrons. The first-order valence-electron chi connectivity index (χ1n) is 9.28. The zero-order chi connectivity index (χ0) is 20.2. The van der Waals surface area contributed by atoms with Crippen LogP contribution in [0.3, 0.4) is 0 Å². The molecule has 1 atom stereocenters. The maximum absolute atomic E-state index is 12.7. The van der Waals surface area contributed by atoms with E-state index >= 15 is 0 Å². The van der Waals surface area contributed by atoms with E-state index in [1.807, 2.05) is 29.2 Å². The third kappa shape index (κ3) is 4.32. The van der Waals surface area contributed by atoms with Crippen LogP contribution >= 0.6 is 11.6 Å². The molecule has 1 aliphatic rings. The summed E-state index contributed by atoms with van der Waals surface area (Å²) in [6.07, 6.45) is 3.20. The summed E-state index contributed by atoms with van der Waals surface area (Å²) in [6.45, 7) is 1.25. The van der Waals surface area contributed by atoms with Crippen molar-refractivity contribution in [3.63, 3.8) is 0 Å². The molecule has 1 saturated heterocycles. The number of ether oxygens (including phenoxy) is 1. The number of benzene rings is 1. The van der Waals surface area contributed by atoms with Crippen molar-refractivity contribution >= 4 is 29.2 Å². The minimum absolute atomic E-state index is 0.0977. The molecule has 1 aliphatic heterocycles. The van der Waals surface area contributed by atoms with Crippen LogP contribution in [-0.4, -0.2) is 41.2 Å². The molecule has 29 heavy (non-hydrogen) atoms. The summed E-state index contributed by atoms with van der Waals surface area (Å²) in [5, 5.41) is 7.20. The quantitative estimate of drug-likeness (QED) is 0.638. The minimum Gasteiger partial charge on any atom is -0.497 e. The van der Waals surface area contributed by atoms with E-state index in [1.54, 1.807) is 25.4 Å². The summed E-state index contributed by atoms with van der Waals surface area (Å²) in [4.78, 5) is 23.1. The van der Waals surface area contributed by atoms with Gasteiger partial charge in [0, 0.05) is 24.8 Å². The Hall–Kier alpha value is -3.13. The lowest BCUT2D eigenvalue weighted by Crippen LogP contribution is -2.41. The highest BCUT2D eigenvalue weighted by Crippen LogP contribution is 2.27. The highest BCUT2D eigenvalue weighted by atomic mass is 35.5. The lowest BCUT2D eigenvalue weighted by atomic mass is 9.97. The molecule has 0 spiro atoms. The third-order valence-electron chi connectivity index (χ3n) is 4.84. The number of carbonyl (C=O) groups is 1. The number of amides is 1. The van der Waals surface area contributed by atoms with Gasteiger partial charge in [0.15, 0.2) is 5.15 Å². The van der Waals surface area contributed by atoms with Gasteiger partial charge < -0.3 is 19.5 Å². The van der Waals surface area contributed by atoms with Crippen LogP contribution in [0.5, 0.6) is 5.75 Å². The Morgan fingerprint density at radius 1 is 1.31 bits per heavy atom. The van der Waals surface area contributed by atoms with Gasteiger partial charge in [-0.2, -0.15) is 4.98 Å². The fourth-order valence-corrected chi connectivity index (χ4v) is 3.45. The van der Waals surface area contributed by atoms with E-state index in [4.69, 9.17) is 20.9 Å². The lowest BCUT2D eigenvalue weighted by molar-refractivity contribution is -0.120. The van der Waals surface area contributed by atoms with Gasteiger partial charge in [-0.3, -0.25) is 4.79 Å². The summed E-state index contributed by atoms with van der Waals surface area (Å²) in [5.74, 6) is 0.947. The SMILES string of the molecule is COc1ccc(-c2noc(N3CCC[C@H](C(=O)Nc4cccnc4Cl)C3)n2)cc1. The number of hydrogen-bond acceptors (Lipinski definition) is 7. The molecule has 9 heteroatoms. The van der Waals surface area contributed by atoms with Gasteiger partial charge in [0.25, 0.3) is 0 Å². The number of nitrogens with zero attached hydrogens (tertiary/aromatic N) is 4. The molecule has 0 radical (unpaired) electrons. The topological polar surface area (TPSA) is 93.4 Å². The molecule has 0 aliphatic carbocycles. The summed E-state index contributed by atoms with van der Waals surface area (Å²) in [5.41, 5.74) is 1.34. The fourth-order valence-electron chi connectivity index (χ4n) is 3.28. The van der Waals surface area contributed by atoms with Crippen molar-refractivity contribution in [3.05, 3.63) is 47.7 Å². The molecule has 3 heterocycles. The van der Waals surface area contributed by atoms with Gasteiger partial charge in [0.1, 0.15) is 5.75 Å². The number of pyridine rings is 1. The number of carbonyl (C=O) groups excluding carboxylic acids is 1. The summed E-state index contributed by atoms with van der Waals surface area (Å²) in [6, 6.07) is 11.3. The second-order valence-corrected chi connectivity index (χ2v) is 7.10. The molecular weight excluding hydrogens is 394 g/mol. The second-order valence-electron chi connectivity index (χ2n) is 6.75. The molecule has 0 saturated carbocycles. The molecule has 1 amide bonds. The number of methoxy groups -OCH3 is 1. The first-order chi connectivity index (χ1) is 14.1. The van der Waals surface area contributed by atoms with Crippen LogP contribution in [0, 0.1) is 5.92 Å². The number of hydrogen-bond donors (Lipinski definition) is 1. The van der Waals surface area contributed by atoms with E-state index in [0.717, 1.165) is 30.7 Å². The van der Waals surface area contributed by atoms with E-state index < -0.39 is 0 Å². The Morgan fingerprint density at radius 2 is 2.14 bits per heavy atom. The van der Waals surface area contributed by atoms with Crippen LogP contribution in [-0.2, 0) is 4.79 Å². The zero-order valence-electron chi connectivity index (χ0n) is 15.8. The molecule has 8 nitrogen and oxygen atoms in total. The first-order valence-corrected chi connectivity index (χ1v) is 9.66. The maximum atomic E-state index is 12.7. The van der Waals surface area contributed by atoms with Crippen molar-refractivity contribution in [2.75, 3.05) is 30.4 Å². The van der Waals surface area contributed by atoms with Crippen LogP contribution < -0.4 is 15.0 Å². The molecule has 1 fully saturated rings. The predicted octanol–water partition coefficient (Wildman–Crippen LogP) is 3.65. The van der Waals surface area contributed by atoms with E-state index in [-0.39, 0.29) is 17.0 Å². The number of piperidine rings is 1. The summed E-state index contributed by atoms with van der Waals surface area (Å²) in [7, 11) is 1.62. The molecule has 1 aromatic carbocycles. The number of aromatic nitrogens is 3. The van der Waals surface area contributed by atoms with Crippen LogP contribution in [0.4, 0.5) is 11.7 Å². The zero-order valence-corrected chi connectivity index (χ0v) is 16.6. The van der Waals surface area contributed by atoms with Gasteiger partial charge in [0.05, 0.1) is 18.7 Å². The molecule has 1 N–H and O–H groups in total. The van der Waals surface area contributed by atoms with Crippen molar-refractivity contribution in [3.8, 4) is 17.1 Å². The Morgan fingerprint density at radius 3 is 2.90 bits per heavy atom. The van der Waals surface area contributed by atoms with Crippen molar-refractivity contribution in [2.24, 2.45) is 5.92 Å². The van der Waals surface area contributed by atoms with Crippen molar-refractivity contribution in [1.29, 1.82) is 0 Å². The number of anilines is 2. The van der Waals surface area contributed by atoms with Gasteiger partial charge in [0.2, 0.25) is 11.7 Å². The second kappa shape index (κ2) is 8.48. The van der Waals surface area contributed by atoms with Crippen LogP contribution in [0.25, 0.3) is 11.4 Å². The van der Waals surface area contributed by atoms with Gasteiger partial charge in [-0.1, -0.05) is 16.8 Å². The smallest absolute Gasteiger partial charge is 0.324 e. The molecule has 4 rings (SSSR count). The van der Waals surface area contributed by atoms with E-state index in [0.29, 0.717) is 24.1 Å². The standard InChI is InChI=1S/C20H20ClN5O3/c1-28-15-8-6-13(7-9-15)18-24-20(29-25-18)26-11-3-4-14(12-26)19(27)23-16-5-2-10-22-17(16)21/h2,5-10,14H,3-4,11-12H2,1H3,(H,23,27)/t14-/m0/s1. The average Bonchev–Trinajstić information content (AvgIpc) is 3.26. The lowest BCUT2D eigenvalue weighted by Gasteiger charge is -2.30. The molecule has 0 unspecified atom stereocenters. The number of rotatable bonds is 5. The van der Waals surface area contributed by atoms with Crippen molar-refractivity contribution < 1.29 is 14.1 Å². The van der Waals surface area contributed by atoms with Gasteiger partial charge in [-0.15, -0.1) is 0 Å². The van der Waals surface area contributed by atoms with Crippen LogP contribution in [0.2, 0.25) is 5.15 Å². The Kier molecular flexibility index (Phi) is 5.62. The highest BCUT2D eigenvalue weighted by Gasteiger charge is 2.29. The molecule has 3 aromatic rings. The average molecular weight is 414 g/mol. The first kappa shape index (κ1) is 19.2. The molecule has 2 aromatic heterocycles. The van der Waals surface area contributed by atoms with Crippen molar-refractivity contribution in [2.45, 2.75) is 12.8 Å². The Labute approximate surface area is 172 Å². The Balaban J connectivity index is 1.44. The number of nitrogens with one attached hydrogen (secondary N) is 1. The van der Waals surface area contributed by atoms with Gasteiger partial charge >= 0.3 is 6.01 Å². The third-order valence-corrected chi connectivity index (χ3v) is 5.14. The van der Waals surface area contributed by atoms with Gasteiger partial charge in [-0.05, 0) is 49.2 Å². The Bertz CT molecular complexity index is 992. The predicted molar refractivity (Wildman–Crippen MR) is 109 cm³/mol. The van der Waals surface area contributed by atoms with E-state index in [2.05, 4.69) is 20.4 Å². The van der Waals surface area contributed by atoms with Gasteiger partial charge in [-0.25, -0.2) is 4.98 Å².